The molecule has 8 nitrogen and oxygen atoms in total. The molecule has 0 bridgehead atoms. The second kappa shape index (κ2) is 7.80. The van der Waals surface area contributed by atoms with E-state index in [0.717, 1.165) is 54.0 Å². The molecule has 3 aromatic rings. The van der Waals surface area contributed by atoms with Crippen LogP contribution in [0.25, 0.3) is 5.65 Å². The smallest absolute Gasteiger partial charge is 0.159 e. The van der Waals surface area contributed by atoms with Crippen molar-refractivity contribution in [2.45, 2.75) is 43.4 Å². The van der Waals surface area contributed by atoms with Crippen LogP contribution in [-0.2, 0) is 15.6 Å². The molecule has 2 fully saturated rings. The molecule has 0 aliphatic heterocycles. The molecule has 2 aliphatic rings. The fourth-order valence-electron chi connectivity index (χ4n) is 4.28. The predicted octanol–water partition coefficient (Wildman–Crippen LogP) is 3.04. The summed E-state index contributed by atoms with van der Waals surface area (Å²) in [6, 6.07) is 10.3. The van der Waals surface area contributed by atoms with Crippen molar-refractivity contribution in [2.75, 3.05) is 23.4 Å². The molecule has 0 saturated heterocycles. The summed E-state index contributed by atoms with van der Waals surface area (Å²) in [6.45, 7) is 0.669. The van der Waals surface area contributed by atoms with Crippen molar-refractivity contribution in [1.29, 1.82) is 0 Å². The van der Waals surface area contributed by atoms with Gasteiger partial charge >= 0.3 is 0 Å². The average Bonchev–Trinajstić information content (AvgIpc) is 3.60. The Morgan fingerprint density at radius 3 is 2.81 bits per heavy atom. The average molecular weight is 441 g/mol. The van der Waals surface area contributed by atoms with E-state index in [-0.39, 0.29) is 5.75 Å². The number of fused-ring (bicyclic) bond motifs is 1. The van der Waals surface area contributed by atoms with Gasteiger partial charge in [0.25, 0.3) is 0 Å². The molecule has 2 unspecified atom stereocenters. The van der Waals surface area contributed by atoms with Crippen molar-refractivity contribution >= 4 is 32.8 Å². The summed E-state index contributed by atoms with van der Waals surface area (Å²) in [6.07, 6.45) is 7.40. The number of nitrogens with one attached hydrogen (secondary N) is 2. The van der Waals surface area contributed by atoms with E-state index in [9.17, 15) is 8.42 Å². The molecule has 2 aromatic heterocycles. The van der Waals surface area contributed by atoms with E-state index < -0.39 is 9.84 Å². The van der Waals surface area contributed by atoms with Gasteiger partial charge in [-0.2, -0.15) is 9.61 Å². The van der Waals surface area contributed by atoms with Crippen molar-refractivity contribution in [3.8, 4) is 0 Å². The first-order chi connectivity index (χ1) is 14.9. The zero-order valence-corrected chi connectivity index (χ0v) is 18.4. The fraction of sp³-hybridized carbons (Fsp3) is 0.455. The molecular formula is C22H28N6O2S. The standard InChI is InChI=1S/C22H28N6O2S/c1-31(29,30)13-15-10-17(4-5-18(15)19-11-14(19)6-8-23)25-20-12-22(26-16-2-3-16)28-21(27-20)7-9-24-28/h4-5,7,9-10,12,14,16,19,26H,2-3,6,8,11,13,23H2,1H3,(H,25,27). The van der Waals surface area contributed by atoms with Crippen LogP contribution in [0.15, 0.2) is 36.5 Å². The highest BCUT2D eigenvalue weighted by Crippen LogP contribution is 2.50. The SMILES string of the molecule is CS(=O)(=O)Cc1cc(Nc2cc(NC3CC3)n3nccc3n2)ccc1C1CC1CCN. The lowest BCUT2D eigenvalue weighted by Gasteiger charge is -2.14. The lowest BCUT2D eigenvalue weighted by Crippen LogP contribution is -2.09. The van der Waals surface area contributed by atoms with Gasteiger partial charge in [0.2, 0.25) is 0 Å². The second-order valence-electron chi connectivity index (χ2n) is 8.83. The van der Waals surface area contributed by atoms with E-state index in [2.05, 4.69) is 26.8 Å². The second-order valence-corrected chi connectivity index (χ2v) is 11.0. The largest absolute Gasteiger partial charge is 0.367 e. The monoisotopic (exact) mass is 440 g/mol. The number of anilines is 3. The van der Waals surface area contributed by atoms with E-state index in [1.54, 1.807) is 10.7 Å². The Morgan fingerprint density at radius 1 is 1.23 bits per heavy atom. The number of benzene rings is 1. The van der Waals surface area contributed by atoms with Crippen molar-refractivity contribution in [3.05, 3.63) is 47.7 Å². The Bertz CT molecular complexity index is 1220. The third-order valence-corrected chi connectivity index (χ3v) is 6.82. The highest BCUT2D eigenvalue weighted by Gasteiger charge is 2.38. The first kappa shape index (κ1) is 20.3. The zero-order valence-electron chi connectivity index (χ0n) is 17.6. The van der Waals surface area contributed by atoms with Gasteiger partial charge in [0.1, 0.15) is 11.6 Å². The molecule has 31 heavy (non-hydrogen) atoms. The minimum atomic E-state index is -3.15. The molecule has 2 heterocycles. The highest BCUT2D eigenvalue weighted by molar-refractivity contribution is 7.89. The van der Waals surface area contributed by atoms with Crippen molar-refractivity contribution in [2.24, 2.45) is 11.7 Å². The summed E-state index contributed by atoms with van der Waals surface area (Å²) in [5.74, 6) is 2.60. The molecule has 2 atom stereocenters. The van der Waals surface area contributed by atoms with Gasteiger partial charge in [-0.1, -0.05) is 6.07 Å². The summed E-state index contributed by atoms with van der Waals surface area (Å²) in [5.41, 5.74) is 9.28. The minimum absolute atomic E-state index is 0.0350. The van der Waals surface area contributed by atoms with Crippen LogP contribution in [0.1, 0.15) is 42.7 Å². The van der Waals surface area contributed by atoms with Crippen LogP contribution in [0.4, 0.5) is 17.3 Å². The van der Waals surface area contributed by atoms with Crippen LogP contribution in [0.5, 0.6) is 0 Å². The molecule has 1 aromatic carbocycles. The van der Waals surface area contributed by atoms with Gasteiger partial charge < -0.3 is 16.4 Å². The highest BCUT2D eigenvalue weighted by atomic mass is 32.2. The Hall–Kier alpha value is -2.65. The van der Waals surface area contributed by atoms with E-state index in [0.29, 0.717) is 30.2 Å². The number of nitrogens with zero attached hydrogens (tertiary/aromatic N) is 3. The first-order valence-corrected chi connectivity index (χ1v) is 12.8. The third kappa shape index (κ3) is 4.67. The Kier molecular flexibility index (Phi) is 5.10. The molecule has 4 N–H and O–H groups in total. The topological polar surface area (TPSA) is 114 Å². The van der Waals surface area contributed by atoms with Crippen LogP contribution in [-0.4, -0.2) is 41.9 Å². The van der Waals surface area contributed by atoms with Gasteiger partial charge in [0.15, 0.2) is 15.5 Å². The van der Waals surface area contributed by atoms with E-state index in [1.165, 1.54) is 6.26 Å². The fourth-order valence-corrected chi connectivity index (χ4v) is 5.09. The molecule has 164 valence electrons. The lowest BCUT2D eigenvalue weighted by molar-refractivity contribution is 0.601. The molecule has 5 rings (SSSR count). The van der Waals surface area contributed by atoms with E-state index in [1.807, 2.05) is 24.3 Å². The normalized spacial score (nSPS) is 20.7. The quantitative estimate of drug-likeness (QED) is 0.468. The van der Waals surface area contributed by atoms with Gasteiger partial charge in [-0.05, 0) is 67.3 Å². The third-order valence-electron chi connectivity index (χ3n) is 5.98. The van der Waals surface area contributed by atoms with Gasteiger partial charge in [-0.3, -0.25) is 0 Å². The number of aromatic nitrogens is 3. The summed E-state index contributed by atoms with van der Waals surface area (Å²) >= 11 is 0. The molecule has 0 spiro atoms. The summed E-state index contributed by atoms with van der Waals surface area (Å²) in [7, 11) is -3.15. The van der Waals surface area contributed by atoms with Crippen LogP contribution in [0.3, 0.4) is 0 Å². The Balaban J connectivity index is 1.44. The van der Waals surface area contributed by atoms with Gasteiger partial charge in [-0.15, -0.1) is 0 Å². The summed E-state index contributed by atoms with van der Waals surface area (Å²) in [5, 5.41) is 11.2. The predicted molar refractivity (Wildman–Crippen MR) is 122 cm³/mol. The van der Waals surface area contributed by atoms with Gasteiger partial charge in [-0.25, -0.2) is 13.4 Å². The van der Waals surface area contributed by atoms with Crippen LogP contribution >= 0.6 is 0 Å². The van der Waals surface area contributed by atoms with Crippen LogP contribution in [0.2, 0.25) is 0 Å². The number of hydrogen-bond donors (Lipinski definition) is 3. The maximum Gasteiger partial charge on any atom is 0.159 e. The number of rotatable bonds is 9. The molecule has 0 radical (unpaired) electrons. The molecular weight excluding hydrogens is 412 g/mol. The molecule has 2 saturated carbocycles. The Labute approximate surface area is 182 Å². The van der Waals surface area contributed by atoms with E-state index >= 15 is 0 Å². The number of nitrogens with two attached hydrogens (primary N) is 1. The van der Waals surface area contributed by atoms with Crippen LogP contribution < -0.4 is 16.4 Å². The van der Waals surface area contributed by atoms with Gasteiger partial charge in [0, 0.05) is 30.1 Å². The zero-order chi connectivity index (χ0) is 21.6. The van der Waals surface area contributed by atoms with Crippen molar-refractivity contribution in [3.63, 3.8) is 0 Å². The minimum Gasteiger partial charge on any atom is -0.367 e. The maximum absolute atomic E-state index is 12.1. The summed E-state index contributed by atoms with van der Waals surface area (Å²) in [4.78, 5) is 4.65. The number of hydrogen-bond acceptors (Lipinski definition) is 7. The number of sulfone groups is 1. The summed E-state index contributed by atoms with van der Waals surface area (Å²) < 4.78 is 25.9. The van der Waals surface area contributed by atoms with Crippen molar-refractivity contribution in [1.82, 2.24) is 14.6 Å². The molecule has 9 heteroatoms. The van der Waals surface area contributed by atoms with Gasteiger partial charge in [0.05, 0.1) is 11.9 Å². The maximum atomic E-state index is 12.1. The molecule has 0 amide bonds. The van der Waals surface area contributed by atoms with Crippen LogP contribution in [0, 0.1) is 5.92 Å². The van der Waals surface area contributed by atoms with E-state index in [4.69, 9.17) is 5.73 Å². The molecule has 2 aliphatic carbocycles. The Morgan fingerprint density at radius 2 is 2.06 bits per heavy atom. The lowest BCUT2D eigenvalue weighted by atomic mass is 10.0. The first-order valence-electron chi connectivity index (χ1n) is 10.8. The van der Waals surface area contributed by atoms with Crippen molar-refractivity contribution < 1.29 is 8.42 Å².